The SMILES string of the molecule is N[C@@H]1CCN(Cc2cccc3c2C(=O)N(C2CCC(=O)NC2=O)C3)[C@H]1C(F)(F)F. The van der Waals surface area contributed by atoms with Crippen LogP contribution in [-0.2, 0) is 22.7 Å². The van der Waals surface area contributed by atoms with Crippen LogP contribution in [0.25, 0.3) is 0 Å². The average Bonchev–Trinajstić information content (AvgIpc) is 3.16. The predicted molar refractivity (Wildman–Crippen MR) is 95.3 cm³/mol. The van der Waals surface area contributed by atoms with Crippen molar-refractivity contribution in [3.05, 3.63) is 34.9 Å². The molecule has 10 heteroatoms. The Labute approximate surface area is 165 Å². The van der Waals surface area contributed by atoms with Crippen LogP contribution in [0.4, 0.5) is 13.2 Å². The number of rotatable bonds is 3. The van der Waals surface area contributed by atoms with Crippen LogP contribution in [0.3, 0.4) is 0 Å². The summed E-state index contributed by atoms with van der Waals surface area (Å²) in [6, 6.07) is 1.57. The number of fused-ring (bicyclic) bond motifs is 1. The first-order chi connectivity index (χ1) is 13.7. The number of likely N-dealkylation sites (tertiary alicyclic amines) is 1. The first-order valence-electron chi connectivity index (χ1n) is 9.48. The number of benzene rings is 1. The molecule has 4 rings (SSSR count). The van der Waals surface area contributed by atoms with E-state index in [1.165, 1.54) is 9.80 Å². The van der Waals surface area contributed by atoms with Gasteiger partial charge in [0.25, 0.3) is 5.91 Å². The molecule has 3 N–H and O–H groups in total. The largest absolute Gasteiger partial charge is 0.405 e. The molecule has 1 aromatic rings. The molecule has 1 unspecified atom stereocenters. The van der Waals surface area contributed by atoms with Gasteiger partial charge in [0.1, 0.15) is 12.1 Å². The summed E-state index contributed by atoms with van der Waals surface area (Å²) in [6.07, 6.45) is -3.84. The van der Waals surface area contributed by atoms with Crippen molar-refractivity contribution in [2.24, 2.45) is 5.73 Å². The Hall–Kier alpha value is -2.46. The maximum atomic E-state index is 13.4. The van der Waals surface area contributed by atoms with Gasteiger partial charge < -0.3 is 10.6 Å². The second kappa shape index (κ2) is 7.10. The summed E-state index contributed by atoms with van der Waals surface area (Å²) in [5, 5.41) is 2.24. The molecule has 0 bridgehead atoms. The first kappa shape index (κ1) is 19.8. The van der Waals surface area contributed by atoms with E-state index in [4.69, 9.17) is 5.73 Å². The van der Waals surface area contributed by atoms with Crippen LogP contribution >= 0.6 is 0 Å². The zero-order valence-electron chi connectivity index (χ0n) is 15.5. The fourth-order valence-electron chi connectivity index (χ4n) is 4.55. The minimum Gasteiger partial charge on any atom is -0.326 e. The molecule has 2 fully saturated rings. The van der Waals surface area contributed by atoms with Gasteiger partial charge in [-0.05, 0) is 24.0 Å². The number of hydrogen-bond donors (Lipinski definition) is 2. The number of amides is 3. The zero-order chi connectivity index (χ0) is 20.9. The molecule has 1 aromatic carbocycles. The van der Waals surface area contributed by atoms with E-state index in [1.807, 2.05) is 0 Å². The minimum atomic E-state index is -4.45. The third kappa shape index (κ3) is 3.51. The van der Waals surface area contributed by atoms with E-state index in [2.05, 4.69) is 5.32 Å². The second-order valence-electron chi connectivity index (χ2n) is 7.76. The van der Waals surface area contributed by atoms with Crippen molar-refractivity contribution in [3.8, 4) is 0 Å². The molecule has 29 heavy (non-hydrogen) atoms. The Balaban J connectivity index is 1.58. The Bertz CT molecular complexity index is 873. The van der Waals surface area contributed by atoms with Crippen LogP contribution in [0.15, 0.2) is 18.2 Å². The molecule has 0 radical (unpaired) electrons. The van der Waals surface area contributed by atoms with Crippen molar-refractivity contribution in [2.75, 3.05) is 6.54 Å². The summed E-state index contributed by atoms with van der Waals surface area (Å²) in [5.41, 5.74) is 7.19. The highest BCUT2D eigenvalue weighted by Crippen LogP contribution is 2.35. The molecule has 0 spiro atoms. The van der Waals surface area contributed by atoms with Crippen LogP contribution in [0.1, 0.15) is 40.7 Å². The Morgan fingerprint density at radius 3 is 2.62 bits per heavy atom. The summed E-state index contributed by atoms with van der Waals surface area (Å²) >= 11 is 0. The molecule has 0 aliphatic carbocycles. The molecular weight excluding hydrogens is 389 g/mol. The molecule has 3 atom stereocenters. The average molecular weight is 410 g/mol. The van der Waals surface area contributed by atoms with Gasteiger partial charge in [-0.2, -0.15) is 13.2 Å². The van der Waals surface area contributed by atoms with Gasteiger partial charge in [-0.25, -0.2) is 0 Å². The van der Waals surface area contributed by atoms with Gasteiger partial charge in [0, 0.05) is 37.7 Å². The number of alkyl halides is 3. The van der Waals surface area contributed by atoms with E-state index in [9.17, 15) is 27.6 Å². The summed E-state index contributed by atoms with van der Waals surface area (Å²) in [4.78, 5) is 39.3. The number of halogens is 3. The number of carbonyl (C=O) groups excluding carboxylic acids is 3. The molecule has 3 amide bonds. The molecule has 0 saturated carbocycles. The monoisotopic (exact) mass is 410 g/mol. The number of piperidine rings is 1. The maximum absolute atomic E-state index is 13.4. The summed E-state index contributed by atoms with van der Waals surface area (Å²) in [6.45, 7) is 0.340. The number of nitrogens with two attached hydrogens (primary N) is 1. The van der Waals surface area contributed by atoms with E-state index >= 15 is 0 Å². The highest BCUT2D eigenvalue weighted by atomic mass is 19.4. The number of hydrogen-bond acceptors (Lipinski definition) is 5. The highest BCUT2D eigenvalue weighted by molar-refractivity contribution is 6.05. The predicted octanol–water partition coefficient (Wildman–Crippen LogP) is 0.911. The lowest BCUT2D eigenvalue weighted by atomic mass is 10.0. The number of nitrogens with one attached hydrogen (secondary N) is 1. The normalized spacial score (nSPS) is 28.1. The van der Waals surface area contributed by atoms with Gasteiger partial charge in [0.2, 0.25) is 11.8 Å². The van der Waals surface area contributed by atoms with Crippen LogP contribution in [0.5, 0.6) is 0 Å². The Morgan fingerprint density at radius 1 is 1.17 bits per heavy atom. The fourth-order valence-corrected chi connectivity index (χ4v) is 4.55. The van der Waals surface area contributed by atoms with Crippen molar-refractivity contribution in [3.63, 3.8) is 0 Å². The quantitative estimate of drug-likeness (QED) is 0.723. The van der Waals surface area contributed by atoms with E-state index in [0.29, 0.717) is 16.7 Å². The lowest BCUT2D eigenvalue weighted by molar-refractivity contribution is -0.180. The van der Waals surface area contributed by atoms with Crippen molar-refractivity contribution in [2.45, 2.75) is 56.7 Å². The van der Waals surface area contributed by atoms with Gasteiger partial charge in [-0.1, -0.05) is 18.2 Å². The van der Waals surface area contributed by atoms with E-state index in [-0.39, 0.29) is 44.8 Å². The van der Waals surface area contributed by atoms with Crippen LogP contribution < -0.4 is 11.1 Å². The lowest BCUT2D eigenvalue weighted by Crippen LogP contribution is -2.52. The van der Waals surface area contributed by atoms with Crippen molar-refractivity contribution in [1.82, 2.24) is 15.1 Å². The van der Waals surface area contributed by atoms with Gasteiger partial charge in [-0.15, -0.1) is 0 Å². The van der Waals surface area contributed by atoms with Gasteiger partial charge in [0.05, 0.1) is 0 Å². The minimum absolute atomic E-state index is 0.0457. The molecule has 2 saturated heterocycles. The van der Waals surface area contributed by atoms with Crippen LogP contribution in [0, 0.1) is 0 Å². The number of carbonyl (C=O) groups is 3. The topological polar surface area (TPSA) is 95.7 Å². The molecule has 3 heterocycles. The van der Waals surface area contributed by atoms with Gasteiger partial charge >= 0.3 is 6.18 Å². The van der Waals surface area contributed by atoms with Crippen LogP contribution in [0.2, 0.25) is 0 Å². The smallest absolute Gasteiger partial charge is 0.326 e. The molecule has 3 aliphatic heterocycles. The van der Waals surface area contributed by atoms with Crippen molar-refractivity contribution < 1.29 is 27.6 Å². The Morgan fingerprint density at radius 2 is 1.93 bits per heavy atom. The standard InChI is InChI=1S/C19H21F3N4O3/c20-19(21,22)16-12(23)6-7-25(16)8-10-2-1-3-11-9-26(18(29)15(10)11)13-4-5-14(27)24-17(13)28/h1-3,12-13,16H,4-9,23H2,(H,24,27,28)/t12-,13?,16-/m1/s1. The lowest BCUT2D eigenvalue weighted by Gasteiger charge is -2.30. The zero-order valence-corrected chi connectivity index (χ0v) is 15.5. The summed E-state index contributed by atoms with van der Waals surface area (Å²) in [5.74, 6) is -1.29. The third-order valence-corrected chi connectivity index (χ3v) is 5.90. The van der Waals surface area contributed by atoms with Gasteiger partial charge in [0.15, 0.2) is 0 Å². The van der Waals surface area contributed by atoms with E-state index in [0.717, 1.165) is 0 Å². The highest BCUT2D eigenvalue weighted by Gasteiger charge is 2.50. The van der Waals surface area contributed by atoms with E-state index < -0.39 is 36.1 Å². The number of nitrogens with zero attached hydrogens (tertiary/aromatic N) is 2. The maximum Gasteiger partial charge on any atom is 0.405 e. The summed E-state index contributed by atoms with van der Waals surface area (Å²) in [7, 11) is 0. The molecule has 3 aliphatic rings. The second-order valence-corrected chi connectivity index (χ2v) is 7.76. The molecular formula is C19H21F3N4O3. The Kier molecular flexibility index (Phi) is 4.86. The van der Waals surface area contributed by atoms with Crippen molar-refractivity contribution in [1.29, 1.82) is 0 Å². The summed E-state index contributed by atoms with van der Waals surface area (Å²) < 4.78 is 40.3. The number of imide groups is 1. The van der Waals surface area contributed by atoms with Gasteiger partial charge in [-0.3, -0.25) is 24.6 Å². The third-order valence-electron chi connectivity index (χ3n) is 5.90. The van der Waals surface area contributed by atoms with Crippen molar-refractivity contribution >= 4 is 17.7 Å². The van der Waals surface area contributed by atoms with E-state index in [1.54, 1.807) is 18.2 Å². The fraction of sp³-hybridized carbons (Fsp3) is 0.526. The molecule has 7 nitrogen and oxygen atoms in total. The molecule has 156 valence electrons. The first-order valence-corrected chi connectivity index (χ1v) is 9.48. The molecule has 0 aromatic heterocycles. The van der Waals surface area contributed by atoms with Crippen LogP contribution in [-0.4, -0.2) is 58.4 Å².